The summed E-state index contributed by atoms with van der Waals surface area (Å²) < 4.78 is 6.14. The van der Waals surface area contributed by atoms with Gasteiger partial charge in [-0.1, -0.05) is 19.3 Å². The number of aryl methyl sites for hydroxylation is 1. The summed E-state index contributed by atoms with van der Waals surface area (Å²) >= 11 is 0. The van der Waals surface area contributed by atoms with Crippen molar-refractivity contribution in [2.24, 2.45) is 5.92 Å². The van der Waals surface area contributed by atoms with Crippen molar-refractivity contribution in [2.45, 2.75) is 71.9 Å². The molecular formula is C18H30N2O. The molecule has 1 fully saturated rings. The van der Waals surface area contributed by atoms with E-state index in [1.165, 1.54) is 32.1 Å². The first-order valence-electron chi connectivity index (χ1n) is 8.27. The summed E-state index contributed by atoms with van der Waals surface area (Å²) in [6, 6.07) is 2.07. The summed E-state index contributed by atoms with van der Waals surface area (Å²) in [7, 11) is 0. The van der Waals surface area contributed by atoms with Gasteiger partial charge in [0, 0.05) is 35.6 Å². The van der Waals surface area contributed by atoms with E-state index in [4.69, 9.17) is 4.74 Å². The predicted octanol–water partition coefficient (Wildman–Crippen LogP) is 4.24. The molecule has 0 bridgehead atoms. The first kappa shape index (κ1) is 16.3. The average molecular weight is 290 g/mol. The maximum absolute atomic E-state index is 6.14. The predicted molar refractivity (Wildman–Crippen MR) is 87.6 cm³/mol. The number of nitrogens with one attached hydrogen (secondary N) is 1. The summed E-state index contributed by atoms with van der Waals surface area (Å²) in [4.78, 5) is 4.42. The molecule has 3 heteroatoms. The van der Waals surface area contributed by atoms with Gasteiger partial charge in [0.2, 0.25) is 0 Å². The lowest BCUT2D eigenvalue weighted by Gasteiger charge is -2.24. The molecule has 1 heterocycles. The minimum absolute atomic E-state index is 0.103. The lowest BCUT2D eigenvalue weighted by atomic mass is 9.90. The fourth-order valence-corrected chi connectivity index (χ4v) is 2.75. The number of aromatic nitrogens is 1. The van der Waals surface area contributed by atoms with E-state index in [-0.39, 0.29) is 5.54 Å². The molecule has 1 saturated carbocycles. The molecule has 1 aromatic heterocycles. The lowest BCUT2D eigenvalue weighted by Crippen LogP contribution is -2.35. The van der Waals surface area contributed by atoms with Crippen LogP contribution in [-0.4, -0.2) is 17.1 Å². The second-order valence-corrected chi connectivity index (χ2v) is 7.35. The molecule has 0 amide bonds. The van der Waals surface area contributed by atoms with Gasteiger partial charge in [-0.25, -0.2) is 0 Å². The van der Waals surface area contributed by atoms with Gasteiger partial charge in [0.15, 0.2) is 0 Å². The Hall–Kier alpha value is -1.09. The van der Waals surface area contributed by atoms with E-state index in [2.05, 4.69) is 37.1 Å². The van der Waals surface area contributed by atoms with Crippen LogP contribution in [0.15, 0.2) is 12.3 Å². The third-order valence-corrected chi connectivity index (χ3v) is 4.09. The summed E-state index contributed by atoms with van der Waals surface area (Å²) in [6.07, 6.45) is 8.71. The van der Waals surface area contributed by atoms with Crippen LogP contribution in [-0.2, 0) is 6.54 Å². The second-order valence-electron chi connectivity index (χ2n) is 7.35. The van der Waals surface area contributed by atoms with Crippen LogP contribution >= 0.6 is 0 Å². The molecule has 0 aromatic carbocycles. The van der Waals surface area contributed by atoms with Crippen LogP contribution in [0.1, 0.15) is 64.1 Å². The zero-order valence-electron chi connectivity index (χ0n) is 14.0. The summed E-state index contributed by atoms with van der Waals surface area (Å²) in [5.41, 5.74) is 2.28. The number of nitrogens with zero attached hydrogens (tertiary/aromatic N) is 1. The molecule has 21 heavy (non-hydrogen) atoms. The number of ether oxygens (including phenoxy) is 1. The smallest absolute Gasteiger partial charge is 0.127 e. The Morgan fingerprint density at radius 1 is 1.24 bits per heavy atom. The summed E-state index contributed by atoms with van der Waals surface area (Å²) in [6.45, 7) is 10.2. The molecule has 118 valence electrons. The third-order valence-electron chi connectivity index (χ3n) is 4.09. The van der Waals surface area contributed by atoms with Gasteiger partial charge in [0.25, 0.3) is 0 Å². The fourth-order valence-electron chi connectivity index (χ4n) is 2.75. The average Bonchev–Trinajstić information content (AvgIpc) is 2.44. The van der Waals surface area contributed by atoms with Gasteiger partial charge in [-0.05, 0) is 46.5 Å². The van der Waals surface area contributed by atoms with Gasteiger partial charge < -0.3 is 10.1 Å². The normalized spacial score (nSPS) is 17.0. The number of hydrogen-bond donors (Lipinski definition) is 1. The molecule has 1 aliphatic rings. The van der Waals surface area contributed by atoms with Gasteiger partial charge in [0.05, 0.1) is 6.61 Å². The Balaban J connectivity index is 1.97. The Morgan fingerprint density at radius 2 is 1.95 bits per heavy atom. The van der Waals surface area contributed by atoms with E-state index in [9.17, 15) is 0 Å². The third kappa shape index (κ3) is 5.66. The zero-order chi connectivity index (χ0) is 15.3. The van der Waals surface area contributed by atoms with Crippen molar-refractivity contribution >= 4 is 0 Å². The van der Waals surface area contributed by atoms with E-state index in [1.807, 2.05) is 13.1 Å². The highest BCUT2D eigenvalue weighted by Crippen LogP contribution is 2.26. The van der Waals surface area contributed by atoms with Crippen LogP contribution in [0.3, 0.4) is 0 Å². The standard InChI is InChI=1S/C18H30N2O/c1-14-10-17(21-13-15-8-6-5-7-9-15)16(11-19-14)12-20-18(2,3)4/h10-11,15,20H,5-9,12-13H2,1-4H3. The molecular weight excluding hydrogens is 260 g/mol. The van der Waals surface area contributed by atoms with E-state index < -0.39 is 0 Å². The fraction of sp³-hybridized carbons (Fsp3) is 0.722. The van der Waals surface area contributed by atoms with Crippen molar-refractivity contribution in [1.29, 1.82) is 0 Å². The monoisotopic (exact) mass is 290 g/mol. The van der Waals surface area contributed by atoms with Gasteiger partial charge in [-0.2, -0.15) is 0 Å². The lowest BCUT2D eigenvalue weighted by molar-refractivity contribution is 0.206. The van der Waals surface area contributed by atoms with E-state index in [0.717, 1.165) is 36.1 Å². The molecule has 0 radical (unpaired) electrons. The van der Waals surface area contributed by atoms with Crippen molar-refractivity contribution in [3.8, 4) is 5.75 Å². The van der Waals surface area contributed by atoms with Crippen LogP contribution in [0.5, 0.6) is 5.75 Å². The number of rotatable bonds is 5. The second kappa shape index (κ2) is 7.26. The quantitative estimate of drug-likeness (QED) is 0.881. The molecule has 3 nitrogen and oxygen atoms in total. The highest BCUT2D eigenvalue weighted by Gasteiger charge is 2.16. The largest absolute Gasteiger partial charge is 0.493 e. The molecule has 0 aliphatic heterocycles. The van der Waals surface area contributed by atoms with Crippen molar-refractivity contribution in [2.75, 3.05) is 6.61 Å². The minimum atomic E-state index is 0.103. The number of hydrogen-bond acceptors (Lipinski definition) is 3. The first-order valence-corrected chi connectivity index (χ1v) is 8.27. The summed E-state index contributed by atoms with van der Waals surface area (Å²) in [5, 5.41) is 3.52. The van der Waals surface area contributed by atoms with Crippen LogP contribution in [0, 0.1) is 12.8 Å². The van der Waals surface area contributed by atoms with Crippen molar-refractivity contribution in [3.63, 3.8) is 0 Å². The van der Waals surface area contributed by atoms with Crippen LogP contribution in [0.2, 0.25) is 0 Å². The Morgan fingerprint density at radius 3 is 2.62 bits per heavy atom. The Kier molecular flexibility index (Phi) is 5.63. The molecule has 0 unspecified atom stereocenters. The SMILES string of the molecule is Cc1cc(OCC2CCCCC2)c(CNC(C)(C)C)cn1. The maximum Gasteiger partial charge on any atom is 0.127 e. The molecule has 1 aromatic rings. The van der Waals surface area contributed by atoms with Gasteiger partial charge in [-0.15, -0.1) is 0 Å². The molecule has 2 rings (SSSR count). The molecule has 1 aliphatic carbocycles. The van der Waals surface area contributed by atoms with E-state index in [0.29, 0.717) is 0 Å². The van der Waals surface area contributed by atoms with Crippen molar-refractivity contribution < 1.29 is 4.74 Å². The van der Waals surface area contributed by atoms with Crippen LogP contribution in [0.25, 0.3) is 0 Å². The first-order chi connectivity index (χ1) is 9.94. The topological polar surface area (TPSA) is 34.1 Å². The van der Waals surface area contributed by atoms with E-state index in [1.54, 1.807) is 0 Å². The minimum Gasteiger partial charge on any atom is -0.493 e. The summed E-state index contributed by atoms with van der Waals surface area (Å²) in [5.74, 6) is 1.74. The Bertz CT molecular complexity index is 445. The van der Waals surface area contributed by atoms with Gasteiger partial charge >= 0.3 is 0 Å². The molecule has 0 saturated heterocycles. The zero-order valence-corrected chi connectivity index (χ0v) is 14.0. The Labute approximate surface area is 129 Å². The van der Waals surface area contributed by atoms with Crippen molar-refractivity contribution in [3.05, 3.63) is 23.5 Å². The van der Waals surface area contributed by atoms with Crippen LogP contribution < -0.4 is 10.1 Å². The molecule has 0 spiro atoms. The highest BCUT2D eigenvalue weighted by atomic mass is 16.5. The van der Waals surface area contributed by atoms with Crippen LogP contribution in [0.4, 0.5) is 0 Å². The highest BCUT2D eigenvalue weighted by molar-refractivity contribution is 5.33. The molecule has 1 N–H and O–H groups in total. The maximum atomic E-state index is 6.14. The van der Waals surface area contributed by atoms with Gasteiger partial charge in [0.1, 0.15) is 5.75 Å². The molecule has 0 atom stereocenters. The van der Waals surface area contributed by atoms with Gasteiger partial charge in [-0.3, -0.25) is 4.98 Å². The van der Waals surface area contributed by atoms with E-state index >= 15 is 0 Å². The number of pyridine rings is 1. The van der Waals surface area contributed by atoms with Crippen molar-refractivity contribution in [1.82, 2.24) is 10.3 Å².